The van der Waals surface area contributed by atoms with Crippen molar-refractivity contribution in [1.29, 1.82) is 0 Å². The summed E-state index contributed by atoms with van der Waals surface area (Å²) < 4.78 is 0. The van der Waals surface area contributed by atoms with E-state index in [0.29, 0.717) is 6.42 Å². The molecule has 4 rings (SSSR count). The van der Waals surface area contributed by atoms with Crippen LogP contribution >= 0.6 is 0 Å². The molecule has 4 aromatic rings. The van der Waals surface area contributed by atoms with Crippen molar-refractivity contribution in [2.45, 2.75) is 50.9 Å². The van der Waals surface area contributed by atoms with Gasteiger partial charge in [-0.1, -0.05) is 76.2 Å². The van der Waals surface area contributed by atoms with Crippen molar-refractivity contribution in [3.63, 3.8) is 0 Å². The average Bonchev–Trinajstić information content (AvgIpc) is 2.84. The first kappa shape index (κ1) is 25.2. The molecule has 1 unspecified atom stereocenters. The highest BCUT2D eigenvalue weighted by molar-refractivity contribution is 5.49. The predicted molar refractivity (Wildman–Crippen MR) is 144 cm³/mol. The fraction of sp³-hybridized carbons (Fsp3) is 0.250. The Morgan fingerprint density at radius 2 is 1.00 bits per heavy atom. The zero-order chi connectivity index (χ0) is 26.1. The number of hydrogen-bond acceptors (Lipinski definition) is 4. The maximum atomic E-state index is 11.1. The molecule has 0 aliphatic carbocycles. The van der Waals surface area contributed by atoms with Crippen molar-refractivity contribution in [2.75, 3.05) is 0 Å². The maximum absolute atomic E-state index is 11.1. The third-order valence-corrected chi connectivity index (χ3v) is 7.37. The van der Waals surface area contributed by atoms with Crippen LogP contribution in [0.1, 0.15) is 67.9 Å². The number of phenols is 4. The fourth-order valence-corrected chi connectivity index (χ4v) is 4.92. The van der Waals surface area contributed by atoms with Gasteiger partial charge in [0, 0.05) is 16.9 Å². The summed E-state index contributed by atoms with van der Waals surface area (Å²) in [6.45, 7) is 8.58. The molecule has 4 heteroatoms. The molecule has 0 saturated heterocycles. The Morgan fingerprint density at radius 3 is 1.53 bits per heavy atom. The van der Waals surface area contributed by atoms with E-state index in [2.05, 4.69) is 33.8 Å². The van der Waals surface area contributed by atoms with Crippen LogP contribution in [0.5, 0.6) is 23.0 Å². The molecule has 4 N–H and O–H groups in total. The lowest BCUT2D eigenvalue weighted by Gasteiger charge is -2.33. The van der Waals surface area contributed by atoms with Gasteiger partial charge in [-0.2, -0.15) is 0 Å². The molecule has 4 nitrogen and oxygen atoms in total. The Morgan fingerprint density at radius 1 is 0.556 bits per heavy atom. The number of benzene rings is 4. The predicted octanol–water partition coefficient (Wildman–Crippen LogP) is 7.33. The Labute approximate surface area is 213 Å². The highest BCUT2D eigenvalue weighted by atomic mass is 16.3. The summed E-state index contributed by atoms with van der Waals surface area (Å²) in [5.41, 5.74) is 4.37. The summed E-state index contributed by atoms with van der Waals surface area (Å²) in [7, 11) is 0. The molecule has 0 aromatic heterocycles. The van der Waals surface area contributed by atoms with Crippen LogP contribution in [0, 0.1) is 0 Å². The normalized spacial score (nSPS) is 12.9. The van der Waals surface area contributed by atoms with Crippen molar-refractivity contribution >= 4 is 0 Å². The second kappa shape index (κ2) is 9.62. The standard InChI is InChI=1S/C32H34O4/c1-31(2,22-7-14-26(34)15-8-22)20-29(21-5-12-25(33)13-6-21)28-19-24(11-18-30(28)36)32(3,4)23-9-16-27(35)17-10-23/h5-19,29,33-36H,20H2,1-4H3. The van der Waals surface area contributed by atoms with Gasteiger partial charge in [-0.3, -0.25) is 0 Å². The van der Waals surface area contributed by atoms with Gasteiger partial charge in [0.1, 0.15) is 23.0 Å². The highest BCUT2D eigenvalue weighted by Crippen LogP contribution is 2.44. The molecule has 0 spiro atoms. The molecule has 0 saturated carbocycles. The summed E-state index contributed by atoms with van der Waals surface area (Å²) in [6.07, 6.45) is 0.694. The minimum atomic E-state index is -0.359. The zero-order valence-electron chi connectivity index (χ0n) is 21.2. The summed E-state index contributed by atoms with van der Waals surface area (Å²) in [5, 5.41) is 40.5. The van der Waals surface area contributed by atoms with Gasteiger partial charge in [-0.05, 0) is 76.6 Å². The molecular formula is C32H34O4. The van der Waals surface area contributed by atoms with Crippen LogP contribution in [0.4, 0.5) is 0 Å². The van der Waals surface area contributed by atoms with E-state index in [1.165, 1.54) is 0 Å². The van der Waals surface area contributed by atoms with Gasteiger partial charge < -0.3 is 20.4 Å². The van der Waals surface area contributed by atoms with E-state index in [0.717, 1.165) is 27.8 Å². The van der Waals surface area contributed by atoms with E-state index in [1.807, 2.05) is 42.5 Å². The monoisotopic (exact) mass is 482 g/mol. The Hall–Kier alpha value is -3.92. The van der Waals surface area contributed by atoms with Crippen molar-refractivity contribution < 1.29 is 20.4 Å². The highest BCUT2D eigenvalue weighted by Gasteiger charge is 2.31. The molecule has 0 bridgehead atoms. The van der Waals surface area contributed by atoms with Crippen LogP contribution in [0.15, 0.2) is 91.0 Å². The molecular weight excluding hydrogens is 448 g/mol. The number of rotatable bonds is 7. The lowest BCUT2D eigenvalue weighted by Crippen LogP contribution is -2.23. The molecule has 36 heavy (non-hydrogen) atoms. The van der Waals surface area contributed by atoms with Gasteiger partial charge in [0.15, 0.2) is 0 Å². The molecule has 0 radical (unpaired) electrons. The van der Waals surface area contributed by atoms with E-state index >= 15 is 0 Å². The minimum Gasteiger partial charge on any atom is -0.508 e. The van der Waals surface area contributed by atoms with E-state index in [-0.39, 0.29) is 39.7 Å². The Kier molecular flexibility index (Phi) is 6.73. The van der Waals surface area contributed by atoms with Gasteiger partial charge >= 0.3 is 0 Å². The third kappa shape index (κ3) is 5.18. The largest absolute Gasteiger partial charge is 0.508 e. The van der Waals surface area contributed by atoms with Gasteiger partial charge in [0.2, 0.25) is 0 Å². The van der Waals surface area contributed by atoms with Crippen LogP contribution in [-0.4, -0.2) is 20.4 Å². The molecule has 0 aliphatic heterocycles. The van der Waals surface area contributed by atoms with Gasteiger partial charge in [0.05, 0.1) is 0 Å². The summed E-state index contributed by atoms with van der Waals surface area (Å²) in [5.74, 6) is 0.725. The fourth-order valence-electron chi connectivity index (χ4n) is 4.92. The smallest absolute Gasteiger partial charge is 0.119 e. The van der Waals surface area contributed by atoms with Crippen LogP contribution in [0.2, 0.25) is 0 Å². The summed E-state index contributed by atoms with van der Waals surface area (Å²) in [6, 6.07) is 27.5. The first-order valence-electron chi connectivity index (χ1n) is 12.2. The SMILES string of the molecule is CC(C)(CC(c1ccc(O)cc1)c1cc(C(C)(C)c2ccc(O)cc2)ccc1O)c1ccc(O)cc1. The lowest BCUT2D eigenvalue weighted by atomic mass is 9.71. The van der Waals surface area contributed by atoms with Crippen LogP contribution in [0.25, 0.3) is 0 Å². The molecule has 0 heterocycles. The van der Waals surface area contributed by atoms with Crippen LogP contribution in [0.3, 0.4) is 0 Å². The second-order valence-electron chi connectivity index (χ2n) is 10.7. The lowest BCUT2D eigenvalue weighted by molar-refractivity contribution is 0.426. The van der Waals surface area contributed by atoms with E-state index in [4.69, 9.17) is 0 Å². The summed E-state index contributed by atoms with van der Waals surface area (Å²) >= 11 is 0. The maximum Gasteiger partial charge on any atom is 0.119 e. The van der Waals surface area contributed by atoms with Crippen molar-refractivity contribution in [1.82, 2.24) is 0 Å². The molecule has 0 fully saturated rings. The van der Waals surface area contributed by atoms with Crippen molar-refractivity contribution in [3.05, 3.63) is 119 Å². The number of aromatic hydroxyl groups is 4. The molecule has 4 aromatic carbocycles. The third-order valence-electron chi connectivity index (χ3n) is 7.37. The minimum absolute atomic E-state index is 0.148. The van der Waals surface area contributed by atoms with Crippen LogP contribution < -0.4 is 0 Å². The van der Waals surface area contributed by atoms with E-state index in [9.17, 15) is 20.4 Å². The first-order valence-corrected chi connectivity index (χ1v) is 12.2. The number of hydrogen-bond donors (Lipinski definition) is 4. The quantitative estimate of drug-likeness (QED) is 0.222. The molecule has 0 amide bonds. The van der Waals surface area contributed by atoms with Crippen molar-refractivity contribution in [2.24, 2.45) is 0 Å². The van der Waals surface area contributed by atoms with Gasteiger partial charge in [0.25, 0.3) is 0 Å². The molecule has 1 atom stereocenters. The Bertz CT molecular complexity index is 1320. The topological polar surface area (TPSA) is 80.9 Å². The first-order chi connectivity index (χ1) is 17.0. The zero-order valence-corrected chi connectivity index (χ0v) is 21.2. The number of phenolic OH excluding ortho intramolecular Hbond substituents is 4. The average molecular weight is 483 g/mol. The van der Waals surface area contributed by atoms with Crippen molar-refractivity contribution in [3.8, 4) is 23.0 Å². The molecule has 186 valence electrons. The van der Waals surface area contributed by atoms with Gasteiger partial charge in [-0.15, -0.1) is 0 Å². The van der Waals surface area contributed by atoms with E-state index < -0.39 is 0 Å². The Balaban J connectivity index is 1.81. The molecule has 0 aliphatic rings. The van der Waals surface area contributed by atoms with Gasteiger partial charge in [-0.25, -0.2) is 0 Å². The summed E-state index contributed by atoms with van der Waals surface area (Å²) in [4.78, 5) is 0. The van der Waals surface area contributed by atoms with E-state index in [1.54, 1.807) is 42.5 Å². The van der Waals surface area contributed by atoms with Crippen LogP contribution in [-0.2, 0) is 10.8 Å². The second-order valence-corrected chi connectivity index (χ2v) is 10.7.